The lowest BCUT2D eigenvalue weighted by molar-refractivity contribution is -0.192. The Kier molecular flexibility index (Phi) is 7.85. The van der Waals surface area contributed by atoms with Crippen LogP contribution < -0.4 is 0 Å². The van der Waals surface area contributed by atoms with Gasteiger partial charge in [0, 0.05) is 24.0 Å². The molecule has 3 heterocycles. The molecule has 178 valence electrons. The van der Waals surface area contributed by atoms with E-state index >= 15 is 0 Å². The number of allylic oxidation sites excluding steroid dienone is 1. The van der Waals surface area contributed by atoms with E-state index in [4.69, 9.17) is 14.6 Å². The number of hydrogen-bond donors (Lipinski definition) is 1. The van der Waals surface area contributed by atoms with Gasteiger partial charge in [-0.1, -0.05) is 12.1 Å². The first-order chi connectivity index (χ1) is 15.6. The molecule has 2 aromatic rings. The van der Waals surface area contributed by atoms with Crippen molar-refractivity contribution in [3.8, 4) is 0 Å². The molecule has 11 heteroatoms. The van der Waals surface area contributed by atoms with Gasteiger partial charge in [-0.25, -0.2) is 4.79 Å². The average molecular weight is 466 g/mol. The SMILES string of the molecule is Cc1cccc(COC2CN(C(=O)C3=CCCC3)Cc3ccnn3C2)n1.O=C(O)C(F)(F)F. The zero-order chi connectivity index (χ0) is 24.0. The zero-order valence-electron chi connectivity index (χ0n) is 18.1. The molecule has 8 nitrogen and oxygen atoms in total. The summed E-state index contributed by atoms with van der Waals surface area (Å²) in [6.45, 7) is 4.22. The van der Waals surface area contributed by atoms with Gasteiger partial charge in [-0.2, -0.15) is 18.3 Å². The summed E-state index contributed by atoms with van der Waals surface area (Å²) in [4.78, 5) is 28.2. The summed E-state index contributed by atoms with van der Waals surface area (Å²) in [5, 5.41) is 11.5. The number of pyridine rings is 1. The predicted molar refractivity (Wildman–Crippen MR) is 111 cm³/mol. The lowest BCUT2D eigenvalue weighted by Crippen LogP contribution is -2.37. The molecule has 1 aliphatic carbocycles. The maximum Gasteiger partial charge on any atom is 0.490 e. The maximum absolute atomic E-state index is 12.9. The number of hydrogen-bond acceptors (Lipinski definition) is 5. The van der Waals surface area contributed by atoms with Gasteiger partial charge in [-0.15, -0.1) is 0 Å². The first kappa shape index (κ1) is 24.4. The summed E-state index contributed by atoms with van der Waals surface area (Å²) >= 11 is 0. The van der Waals surface area contributed by atoms with Gasteiger partial charge in [-0.05, 0) is 44.4 Å². The van der Waals surface area contributed by atoms with Gasteiger partial charge in [0.05, 0.1) is 37.2 Å². The largest absolute Gasteiger partial charge is 0.490 e. The zero-order valence-corrected chi connectivity index (χ0v) is 18.1. The van der Waals surface area contributed by atoms with Crippen molar-refractivity contribution in [3.05, 3.63) is 59.2 Å². The minimum absolute atomic E-state index is 0.107. The van der Waals surface area contributed by atoms with Gasteiger partial charge in [0.1, 0.15) is 0 Å². The predicted octanol–water partition coefficient (Wildman–Crippen LogP) is 3.26. The van der Waals surface area contributed by atoms with E-state index in [1.807, 2.05) is 40.8 Å². The summed E-state index contributed by atoms with van der Waals surface area (Å²) < 4.78 is 39.8. The molecule has 0 saturated carbocycles. The molecule has 1 aliphatic heterocycles. The number of alkyl halides is 3. The fraction of sp³-hybridized carbons (Fsp3) is 0.455. The fourth-order valence-corrected chi connectivity index (χ4v) is 3.63. The van der Waals surface area contributed by atoms with Crippen LogP contribution >= 0.6 is 0 Å². The number of aryl methyl sites for hydroxylation is 1. The lowest BCUT2D eigenvalue weighted by atomic mass is 10.2. The highest BCUT2D eigenvalue weighted by Gasteiger charge is 2.38. The molecule has 2 aliphatic rings. The van der Waals surface area contributed by atoms with Gasteiger partial charge in [0.15, 0.2) is 0 Å². The standard InChI is InChI=1S/C20H24N4O2.C2HF3O2/c1-15-5-4-8-17(22-15)14-26-19-12-23(20(25)16-6-2-3-7-16)11-18-9-10-21-24(18)13-19;3-2(4,5)1(6)7/h4-6,8-10,19H,2-3,7,11-14H2,1H3;(H,6,7). The smallest absolute Gasteiger partial charge is 0.475 e. The number of carboxylic acids is 1. The number of halogens is 3. The van der Waals surface area contributed by atoms with Crippen LogP contribution in [-0.2, 0) is 34.0 Å². The molecule has 0 bridgehead atoms. The van der Waals surface area contributed by atoms with Crippen LogP contribution in [-0.4, -0.2) is 55.5 Å². The number of aromatic nitrogens is 3. The van der Waals surface area contributed by atoms with Crippen LogP contribution in [0.5, 0.6) is 0 Å². The van der Waals surface area contributed by atoms with Crippen LogP contribution in [0.2, 0.25) is 0 Å². The normalized spacial score (nSPS) is 18.0. The topological polar surface area (TPSA) is 97.5 Å². The molecule has 33 heavy (non-hydrogen) atoms. The van der Waals surface area contributed by atoms with E-state index in [1.54, 1.807) is 6.20 Å². The minimum Gasteiger partial charge on any atom is -0.475 e. The van der Waals surface area contributed by atoms with Gasteiger partial charge in [-0.3, -0.25) is 14.5 Å². The van der Waals surface area contributed by atoms with Crippen molar-refractivity contribution in [3.63, 3.8) is 0 Å². The number of rotatable bonds is 4. The summed E-state index contributed by atoms with van der Waals surface area (Å²) in [5.74, 6) is -2.62. The maximum atomic E-state index is 12.9. The molecular weight excluding hydrogens is 441 g/mol. The highest BCUT2D eigenvalue weighted by atomic mass is 19.4. The van der Waals surface area contributed by atoms with Gasteiger partial charge in [0.2, 0.25) is 5.91 Å². The Hall–Kier alpha value is -3.21. The van der Waals surface area contributed by atoms with Gasteiger partial charge >= 0.3 is 12.1 Å². The molecule has 0 aromatic carbocycles. The van der Waals surface area contributed by atoms with Crippen molar-refractivity contribution >= 4 is 11.9 Å². The number of carbonyl (C=O) groups excluding carboxylic acids is 1. The van der Waals surface area contributed by atoms with Crippen molar-refractivity contribution < 1.29 is 32.6 Å². The average Bonchev–Trinajstić information content (AvgIpc) is 3.40. The van der Waals surface area contributed by atoms with E-state index in [-0.39, 0.29) is 12.0 Å². The summed E-state index contributed by atoms with van der Waals surface area (Å²) in [7, 11) is 0. The highest BCUT2D eigenvalue weighted by molar-refractivity contribution is 5.93. The molecule has 0 saturated heterocycles. The quantitative estimate of drug-likeness (QED) is 0.743. The second kappa shape index (κ2) is 10.6. The Bertz CT molecular complexity index is 1020. The molecule has 0 spiro atoms. The van der Waals surface area contributed by atoms with E-state index in [0.29, 0.717) is 26.2 Å². The van der Waals surface area contributed by atoms with Crippen molar-refractivity contribution in [1.29, 1.82) is 0 Å². The van der Waals surface area contributed by atoms with Crippen molar-refractivity contribution in [2.45, 2.75) is 58.2 Å². The first-order valence-electron chi connectivity index (χ1n) is 10.5. The van der Waals surface area contributed by atoms with E-state index in [1.165, 1.54) is 0 Å². The Morgan fingerprint density at radius 3 is 2.64 bits per heavy atom. The van der Waals surface area contributed by atoms with E-state index in [2.05, 4.69) is 16.2 Å². The lowest BCUT2D eigenvalue weighted by Gasteiger charge is -2.24. The van der Waals surface area contributed by atoms with Crippen LogP contribution in [0.1, 0.15) is 36.3 Å². The molecule has 1 N–H and O–H groups in total. The second-order valence-corrected chi connectivity index (χ2v) is 7.82. The van der Waals surface area contributed by atoms with E-state index < -0.39 is 12.1 Å². The second-order valence-electron chi connectivity index (χ2n) is 7.82. The molecule has 4 rings (SSSR count). The van der Waals surface area contributed by atoms with Crippen LogP contribution in [0.25, 0.3) is 0 Å². The van der Waals surface area contributed by atoms with E-state index in [9.17, 15) is 18.0 Å². The monoisotopic (exact) mass is 466 g/mol. The summed E-state index contributed by atoms with van der Waals surface area (Å²) in [6.07, 6.45) is 1.64. The van der Waals surface area contributed by atoms with Gasteiger partial charge in [0.25, 0.3) is 0 Å². The fourth-order valence-electron chi connectivity index (χ4n) is 3.63. The van der Waals surface area contributed by atoms with Crippen molar-refractivity contribution in [2.24, 2.45) is 0 Å². The molecule has 1 amide bonds. The summed E-state index contributed by atoms with van der Waals surface area (Å²) in [5.41, 5.74) is 3.88. The number of carbonyl (C=O) groups is 2. The van der Waals surface area contributed by atoms with Crippen molar-refractivity contribution in [1.82, 2.24) is 19.7 Å². The van der Waals surface area contributed by atoms with Gasteiger partial charge < -0.3 is 14.7 Å². The van der Waals surface area contributed by atoms with Crippen LogP contribution in [0.4, 0.5) is 13.2 Å². The number of ether oxygens (including phenoxy) is 1. The highest BCUT2D eigenvalue weighted by Crippen LogP contribution is 2.23. The minimum atomic E-state index is -5.08. The molecule has 0 radical (unpaired) electrons. The number of fused-ring (bicyclic) bond motifs is 1. The van der Waals surface area contributed by atoms with Crippen LogP contribution in [0.15, 0.2) is 42.1 Å². The van der Waals surface area contributed by atoms with E-state index in [0.717, 1.165) is 41.9 Å². The summed E-state index contributed by atoms with van der Waals surface area (Å²) in [6, 6.07) is 7.91. The van der Waals surface area contributed by atoms with Crippen LogP contribution in [0, 0.1) is 6.92 Å². The molecular formula is C22H25F3N4O4. The third kappa shape index (κ3) is 6.88. The molecule has 2 aromatic heterocycles. The Morgan fingerprint density at radius 2 is 2.00 bits per heavy atom. The molecule has 0 fully saturated rings. The first-order valence-corrected chi connectivity index (χ1v) is 10.5. The number of nitrogens with zero attached hydrogens (tertiary/aromatic N) is 4. The number of aliphatic carboxylic acids is 1. The Morgan fingerprint density at radius 1 is 1.24 bits per heavy atom. The third-order valence-corrected chi connectivity index (χ3v) is 5.22. The Labute approximate surface area is 188 Å². The van der Waals surface area contributed by atoms with Crippen LogP contribution in [0.3, 0.4) is 0 Å². The number of amides is 1. The Balaban J connectivity index is 0.000000383. The molecule has 1 atom stereocenters. The van der Waals surface area contributed by atoms with Crippen molar-refractivity contribution in [2.75, 3.05) is 6.54 Å². The molecule has 1 unspecified atom stereocenters. The number of carboxylic acid groups (broad SMARTS) is 1. The third-order valence-electron chi connectivity index (χ3n) is 5.22.